The minimum atomic E-state index is -4.69. The largest absolute Gasteiger partial charge is 0.434 e. The summed E-state index contributed by atoms with van der Waals surface area (Å²) in [5.74, 6) is -0.847. The van der Waals surface area contributed by atoms with Crippen LogP contribution in [0.5, 0.6) is 0 Å². The molecular formula is C17H13Cl2F3N2O. The van der Waals surface area contributed by atoms with Crippen molar-refractivity contribution < 1.29 is 18.0 Å². The second kappa shape index (κ2) is 6.84. The van der Waals surface area contributed by atoms with Gasteiger partial charge in [0.15, 0.2) is 5.69 Å². The van der Waals surface area contributed by atoms with E-state index in [1.807, 2.05) is 0 Å². The lowest BCUT2D eigenvalue weighted by molar-refractivity contribution is -0.141. The lowest BCUT2D eigenvalue weighted by Gasteiger charge is -2.38. The van der Waals surface area contributed by atoms with Gasteiger partial charge in [-0.15, -0.1) is 0 Å². The van der Waals surface area contributed by atoms with Gasteiger partial charge in [-0.05, 0) is 42.7 Å². The van der Waals surface area contributed by atoms with Crippen LogP contribution < -0.4 is 5.32 Å². The predicted octanol–water partition coefficient (Wildman–Crippen LogP) is 5.08. The van der Waals surface area contributed by atoms with Crippen molar-refractivity contribution in [2.45, 2.75) is 31.0 Å². The zero-order valence-electron chi connectivity index (χ0n) is 12.8. The summed E-state index contributed by atoms with van der Waals surface area (Å²) in [7, 11) is 0. The Labute approximate surface area is 152 Å². The molecule has 0 bridgehead atoms. The Morgan fingerprint density at radius 2 is 1.96 bits per heavy atom. The molecule has 1 N–H and O–H groups in total. The molecular weight excluding hydrogens is 376 g/mol. The summed E-state index contributed by atoms with van der Waals surface area (Å²) < 4.78 is 39.0. The van der Waals surface area contributed by atoms with Crippen molar-refractivity contribution in [3.8, 4) is 0 Å². The molecule has 1 fully saturated rings. The molecule has 0 unspecified atom stereocenters. The molecule has 3 rings (SSSR count). The molecule has 1 aliphatic rings. The van der Waals surface area contributed by atoms with Crippen molar-refractivity contribution in [3.05, 3.63) is 63.4 Å². The van der Waals surface area contributed by atoms with E-state index in [1.54, 1.807) is 18.2 Å². The number of hydrogen-bond donors (Lipinski definition) is 1. The fourth-order valence-electron chi connectivity index (χ4n) is 2.91. The first-order chi connectivity index (χ1) is 11.8. The van der Waals surface area contributed by atoms with Crippen LogP contribution in [0.15, 0.2) is 36.5 Å². The van der Waals surface area contributed by atoms with E-state index >= 15 is 0 Å². The second-order valence-electron chi connectivity index (χ2n) is 5.83. The summed E-state index contributed by atoms with van der Waals surface area (Å²) >= 11 is 12.1. The number of carbonyl (C=O) groups is 1. The highest BCUT2D eigenvalue weighted by molar-refractivity contribution is 6.35. The summed E-state index contributed by atoms with van der Waals surface area (Å²) in [5.41, 5.74) is -0.847. The monoisotopic (exact) mass is 388 g/mol. The minimum absolute atomic E-state index is 0.0558. The van der Waals surface area contributed by atoms with Gasteiger partial charge in [0.25, 0.3) is 5.91 Å². The molecule has 1 aliphatic carbocycles. The first-order valence-electron chi connectivity index (χ1n) is 7.55. The molecule has 0 aliphatic heterocycles. The number of amides is 1. The smallest absolute Gasteiger partial charge is 0.349 e. The number of halogens is 5. The van der Waals surface area contributed by atoms with Crippen LogP contribution in [0.4, 0.5) is 13.2 Å². The normalized spacial score (nSPS) is 20.0. The number of nitrogens with one attached hydrogen (secondary N) is 1. The van der Waals surface area contributed by atoms with Crippen molar-refractivity contribution in [1.82, 2.24) is 10.3 Å². The van der Waals surface area contributed by atoms with Gasteiger partial charge in [0.1, 0.15) is 0 Å². The molecule has 1 aromatic carbocycles. The third kappa shape index (κ3) is 3.75. The van der Waals surface area contributed by atoms with Crippen LogP contribution in [0.25, 0.3) is 0 Å². The highest BCUT2D eigenvalue weighted by Gasteiger charge is 2.39. The number of rotatable bonds is 3. The Hall–Kier alpha value is -1.79. The van der Waals surface area contributed by atoms with Crippen molar-refractivity contribution in [3.63, 3.8) is 0 Å². The van der Waals surface area contributed by atoms with Gasteiger partial charge in [0.05, 0.1) is 5.56 Å². The van der Waals surface area contributed by atoms with Gasteiger partial charge in [-0.2, -0.15) is 13.2 Å². The predicted molar refractivity (Wildman–Crippen MR) is 88.9 cm³/mol. The van der Waals surface area contributed by atoms with Gasteiger partial charge in [0, 0.05) is 28.2 Å². The molecule has 2 aromatic rings. The lowest BCUT2D eigenvalue weighted by Crippen LogP contribution is -2.46. The Bertz CT molecular complexity index is 811. The van der Waals surface area contributed by atoms with E-state index in [0.29, 0.717) is 16.5 Å². The van der Waals surface area contributed by atoms with E-state index in [1.165, 1.54) is 6.07 Å². The van der Waals surface area contributed by atoms with Gasteiger partial charge in [-0.3, -0.25) is 9.78 Å². The number of pyridine rings is 1. The Morgan fingerprint density at radius 3 is 2.56 bits per heavy atom. The zero-order valence-corrected chi connectivity index (χ0v) is 14.3. The number of alkyl halides is 3. The van der Waals surface area contributed by atoms with Gasteiger partial charge >= 0.3 is 6.18 Å². The molecule has 0 radical (unpaired) electrons. The molecule has 0 saturated heterocycles. The van der Waals surface area contributed by atoms with Crippen LogP contribution in [0, 0.1) is 0 Å². The highest BCUT2D eigenvalue weighted by atomic mass is 35.5. The summed E-state index contributed by atoms with van der Waals surface area (Å²) in [4.78, 5) is 15.6. The molecule has 2 atom stereocenters. The fourth-order valence-corrected chi connectivity index (χ4v) is 3.46. The molecule has 1 saturated carbocycles. The second-order valence-corrected chi connectivity index (χ2v) is 6.67. The maximum Gasteiger partial charge on any atom is 0.434 e. The van der Waals surface area contributed by atoms with Gasteiger partial charge in [-0.1, -0.05) is 29.3 Å². The van der Waals surface area contributed by atoms with Crippen molar-refractivity contribution in [2.75, 3.05) is 0 Å². The van der Waals surface area contributed by atoms with Crippen LogP contribution in [-0.4, -0.2) is 16.9 Å². The lowest BCUT2D eigenvalue weighted by atomic mass is 9.75. The van der Waals surface area contributed by atoms with Crippen LogP contribution in [0.2, 0.25) is 10.0 Å². The molecule has 132 valence electrons. The first-order valence-corrected chi connectivity index (χ1v) is 8.31. The number of nitrogens with zero attached hydrogens (tertiary/aromatic N) is 1. The van der Waals surface area contributed by atoms with Gasteiger partial charge in [-0.25, -0.2) is 0 Å². The van der Waals surface area contributed by atoms with Gasteiger partial charge in [0.2, 0.25) is 0 Å². The molecule has 0 spiro atoms. The summed E-state index contributed by atoms with van der Waals surface area (Å²) in [5, 5.41) is 3.64. The maximum atomic E-state index is 13.0. The SMILES string of the molecule is O=C(N[C@H]1CC[C@H]1c1ccc(Cl)cc1Cl)c1cccnc1C(F)(F)F. The molecule has 1 heterocycles. The minimum Gasteiger partial charge on any atom is -0.349 e. The number of aromatic nitrogens is 1. The summed E-state index contributed by atoms with van der Waals surface area (Å²) in [6, 6.07) is 7.22. The van der Waals surface area contributed by atoms with Crippen molar-refractivity contribution >= 4 is 29.1 Å². The Kier molecular flexibility index (Phi) is 4.93. The Morgan fingerprint density at radius 1 is 1.20 bits per heavy atom. The van der Waals surface area contributed by atoms with Crippen LogP contribution >= 0.6 is 23.2 Å². The molecule has 8 heteroatoms. The highest BCUT2D eigenvalue weighted by Crippen LogP contribution is 2.41. The number of carbonyl (C=O) groups excluding carboxylic acids is 1. The third-order valence-electron chi connectivity index (χ3n) is 4.27. The molecule has 3 nitrogen and oxygen atoms in total. The maximum absolute atomic E-state index is 13.0. The van der Waals surface area contributed by atoms with E-state index in [2.05, 4.69) is 10.3 Å². The third-order valence-corrected chi connectivity index (χ3v) is 4.84. The van der Waals surface area contributed by atoms with E-state index < -0.39 is 23.3 Å². The molecule has 1 aromatic heterocycles. The molecule has 1 amide bonds. The quantitative estimate of drug-likeness (QED) is 0.795. The van der Waals surface area contributed by atoms with E-state index in [9.17, 15) is 18.0 Å². The van der Waals surface area contributed by atoms with Crippen LogP contribution in [-0.2, 0) is 6.18 Å². The first kappa shape index (κ1) is 18.0. The van der Waals surface area contributed by atoms with E-state index in [-0.39, 0.29) is 12.0 Å². The van der Waals surface area contributed by atoms with Crippen molar-refractivity contribution in [2.24, 2.45) is 0 Å². The summed E-state index contributed by atoms with van der Waals surface area (Å²) in [6.45, 7) is 0. The Balaban J connectivity index is 1.78. The van der Waals surface area contributed by atoms with Crippen LogP contribution in [0.3, 0.4) is 0 Å². The van der Waals surface area contributed by atoms with E-state index in [4.69, 9.17) is 23.2 Å². The fraction of sp³-hybridized carbons (Fsp3) is 0.294. The number of benzene rings is 1. The standard InChI is InChI=1S/C17H13Cl2F3N2O/c18-9-3-4-10(13(19)8-9)11-5-6-14(11)24-16(25)12-2-1-7-23-15(12)17(20,21)22/h1-4,7-8,11,14H,5-6H2,(H,24,25)/t11-,14-/m0/s1. The topological polar surface area (TPSA) is 42.0 Å². The van der Waals surface area contributed by atoms with Crippen molar-refractivity contribution in [1.29, 1.82) is 0 Å². The zero-order chi connectivity index (χ0) is 18.2. The van der Waals surface area contributed by atoms with Gasteiger partial charge < -0.3 is 5.32 Å². The summed E-state index contributed by atoms with van der Waals surface area (Å²) in [6.07, 6.45) is -2.23. The van der Waals surface area contributed by atoms with E-state index in [0.717, 1.165) is 24.2 Å². The average molecular weight is 389 g/mol. The average Bonchev–Trinajstić information content (AvgIpc) is 2.53. The number of hydrogen-bond acceptors (Lipinski definition) is 2. The molecule has 25 heavy (non-hydrogen) atoms. The van der Waals surface area contributed by atoms with Crippen LogP contribution in [0.1, 0.15) is 40.4 Å².